The highest BCUT2D eigenvalue weighted by atomic mass is 16.5. The van der Waals surface area contributed by atoms with Gasteiger partial charge in [0, 0.05) is 56.2 Å². The Balaban J connectivity index is 1.40. The summed E-state index contributed by atoms with van der Waals surface area (Å²) in [6.07, 6.45) is 7.81. The van der Waals surface area contributed by atoms with Gasteiger partial charge in [-0.2, -0.15) is 10.2 Å². The summed E-state index contributed by atoms with van der Waals surface area (Å²) >= 11 is 0. The SMILES string of the molecule is Cc1cc(-c2nc(C(=O)Nc3cn(C4CCOCC4)nc3C(=O)Nc3ccn(C)n3)co2)ccn1. The monoisotopic (exact) mass is 476 g/mol. The van der Waals surface area contributed by atoms with Gasteiger partial charge in [-0.15, -0.1) is 0 Å². The molecule has 4 aromatic heterocycles. The van der Waals surface area contributed by atoms with Crippen molar-refractivity contribution in [3.63, 3.8) is 0 Å². The molecule has 0 radical (unpaired) electrons. The summed E-state index contributed by atoms with van der Waals surface area (Å²) in [5, 5.41) is 14.1. The second kappa shape index (κ2) is 9.50. The zero-order valence-corrected chi connectivity index (χ0v) is 19.3. The van der Waals surface area contributed by atoms with Crippen LogP contribution in [0.3, 0.4) is 0 Å². The number of hydrogen-bond donors (Lipinski definition) is 2. The van der Waals surface area contributed by atoms with Crippen LogP contribution in [0.25, 0.3) is 11.5 Å². The zero-order chi connectivity index (χ0) is 24.4. The van der Waals surface area contributed by atoms with Gasteiger partial charge in [-0.25, -0.2) is 4.98 Å². The number of pyridine rings is 1. The normalized spacial score (nSPS) is 14.1. The second-order valence-corrected chi connectivity index (χ2v) is 8.22. The number of aryl methyl sites for hydroxylation is 2. The van der Waals surface area contributed by atoms with E-state index in [9.17, 15) is 9.59 Å². The van der Waals surface area contributed by atoms with E-state index >= 15 is 0 Å². The molecule has 2 amide bonds. The smallest absolute Gasteiger partial charge is 0.279 e. The molecule has 180 valence electrons. The van der Waals surface area contributed by atoms with Crippen LogP contribution in [-0.2, 0) is 11.8 Å². The van der Waals surface area contributed by atoms with Crippen molar-refractivity contribution in [2.75, 3.05) is 23.8 Å². The van der Waals surface area contributed by atoms with Crippen molar-refractivity contribution in [2.45, 2.75) is 25.8 Å². The lowest BCUT2D eigenvalue weighted by molar-refractivity contribution is 0.0661. The first-order valence-electron chi connectivity index (χ1n) is 11.1. The molecule has 5 rings (SSSR count). The summed E-state index contributed by atoms with van der Waals surface area (Å²) in [4.78, 5) is 34.5. The van der Waals surface area contributed by atoms with Crippen molar-refractivity contribution in [3.05, 3.63) is 60.1 Å². The summed E-state index contributed by atoms with van der Waals surface area (Å²) in [5.74, 6) is -0.335. The Labute approximate surface area is 200 Å². The van der Waals surface area contributed by atoms with Crippen molar-refractivity contribution < 1.29 is 18.7 Å². The number of rotatable bonds is 6. The van der Waals surface area contributed by atoms with Gasteiger partial charge in [0.05, 0.1) is 11.7 Å². The lowest BCUT2D eigenvalue weighted by Crippen LogP contribution is -2.21. The van der Waals surface area contributed by atoms with E-state index in [-0.39, 0.29) is 23.1 Å². The van der Waals surface area contributed by atoms with Crippen LogP contribution in [0.1, 0.15) is 45.6 Å². The van der Waals surface area contributed by atoms with Gasteiger partial charge in [0.2, 0.25) is 5.89 Å². The van der Waals surface area contributed by atoms with Gasteiger partial charge in [0.25, 0.3) is 11.8 Å². The standard InChI is InChI=1S/C23H24N8O4/c1-14-11-15(3-7-24-14)23-26-18(13-35-23)21(32)25-17-12-31(16-5-9-34-10-6-16)29-20(17)22(33)27-19-4-8-30(2)28-19/h3-4,7-8,11-13,16H,5-6,9-10H2,1-2H3,(H,25,32)(H,27,28,33). The molecule has 0 aliphatic carbocycles. The molecular weight excluding hydrogens is 452 g/mol. The Morgan fingerprint density at radius 2 is 1.94 bits per heavy atom. The lowest BCUT2D eigenvalue weighted by Gasteiger charge is -2.22. The fourth-order valence-corrected chi connectivity index (χ4v) is 3.82. The van der Waals surface area contributed by atoms with Crippen molar-refractivity contribution in [1.82, 2.24) is 29.5 Å². The maximum atomic E-state index is 13.0. The second-order valence-electron chi connectivity index (χ2n) is 8.22. The van der Waals surface area contributed by atoms with Gasteiger partial charge >= 0.3 is 0 Å². The summed E-state index contributed by atoms with van der Waals surface area (Å²) < 4.78 is 14.2. The highest BCUT2D eigenvalue weighted by Gasteiger charge is 2.25. The van der Waals surface area contributed by atoms with E-state index in [4.69, 9.17) is 9.15 Å². The molecule has 12 heteroatoms. The molecule has 35 heavy (non-hydrogen) atoms. The maximum absolute atomic E-state index is 13.0. The number of hydrogen-bond acceptors (Lipinski definition) is 8. The van der Waals surface area contributed by atoms with Gasteiger partial charge in [-0.3, -0.25) is 23.9 Å². The average Bonchev–Trinajstić information content (AvgIpc) is 3.60. The molecule has 12 nitrogen and oxygen atoms in total. The summed E-state index contributed by atoms with van der Waals surface area (Å²) in [6.45, 7) is 3.07. The summed E-state index contributed by atoms with van der Waals surface area (Å²) in [5.41, 5.74) is 1.92. The van der Waals surface area contributed by atoms with Crippen LogP contribution in [0.4, 0.5) is 11.5 Å². The Morgan fingerprint density at radius 1 is 1.11 bits per heavy atom. The van der Waals surface area contributed by atoms with Crippen molar-refractivity contribution in [1.29, 1.82) is 0 Å². The van der Waals surface area contributed by atoms with Crippen LogP contribution in [0.15, 0.2) is 47.5 Å². The third kappa shape index (κ3) is 4.96. The number of carbonyl (C=O) groups is 2. The van der Waals surface area contributed by atoms with Gasteiger partial charge in [0.15, 0.2) is 17.2 Å². The summed E-state index contributed by atoms with van der Waals surface area (Å²) in [6, 6.07) is 5.29. The van der Waals surface area contributed by atoms with Crippen LogP contribution in [0.2, 0.25) is 0 Å². The Hall–Kier alpha value is -4.32. The van der Waals surface area contributed by atoms with Crippen LogP contribution in [-0.4, -0.2) is 54.6 Å². The number of ether oxygens (including phenoxy) is 1. The van der Waals surface area contributed by atoms with E-state index in [0.717, 1.165) is 18.5 Å². The molecule has 0 spiro atoms. The van der Waals surface area contributed by atoms with Crippen LogP contribution in [0, 0.1) is 6.92 Å². The predicted octanol–water partition coefficient (Wildman–Crippen LogP) is 2.83. The van der Waals surface area contributed by atoms with E-state index in [2.05, 4.69) is 30.8 Å². The molecule has 1 aliphatic heterocycles. The number of aromatic nitrogens is 6. The van der Waals surface area contributed by atoms with Gasteiger partial charge in [-0.05, 0) is 31.9 Å². The quantitative estimate of drug-likeness (QED) is 0.433. The maximum Gasteiger partial charge on any atom is 0.279 e. The first-order valence-corrected chi connectivity index (χ1v) is 11.1. The van der Waals surface area contributed by atoms with E-state index in [1.807, 2.05) is 13.0 Å². The number of carbonyl (C=O) groups excluding carboxylic acids is 2. The molecule has 0 unspecified atom stereocenters. The number of nitrogens with one attached hydrogen (secondary N) is 2. The minimum absolute atomic E-state index is 0.0596. The lowest BCUT2D eigenvalue weighted by atomic mass is 10.1. The molecule has 1 aliphatic rings. The summed E-state index contributed by atoms with van der Waals surface area (Å²) in [7, 11) is 1.75. The molecule has 1 saturated heterocycles. The fraction of sp³-hybridized carbons (Fsp3) is 0.304. The highest BCUT2D eigenvalue weighted by Crippen LogP contribution is 2.25. The van der Waals surface area contributed by atoms with Gasteiger partial charge in [0.1, 0.15) is 6.26 Å². The van der Waals surface area contributed by atoms with Crippen molar-refractivity contribution >= 4 is 23.3 Å². The average molecular weight is 476 g/mol. The van der Waals surface area contributed by atoms with Gasteiger partial charge < -0.3 is 19.8 Å². The van der Waals surface area contributed by atoms with E-state index in [1.165, 1.54) is 6.26 Å². The predicted molar refractivity (Wildman–Crippen MR) is 125 cm³/mol. The van der Waals surface area contributed by atoms with E-state index in [1.54, 1.807) is 47.1 Å². The Kier molecular flexibility index (Phi) is 6.10. The van der Waals surface area contributed by atoms with Crippen LogP contribution >= 0.6 is 0 Å². The van der Waals surface area contributed by atoms with Gasteiger partial charge in [-0.1, -0.05) is 0 Å². The molecular formula is C23H24N8O4. The van der Waals surface area contributed by atoms with Crippen LogP contribution < -0.4 is 10.6 Å². The largest absolute Gasteiger partial charge is 0.444 e. The minimum atomic E-state index is -0.524. The topological polar surface area (TPSA) is 142 Å². The molecule has 0 atom stereocenters. The molecule has 1 fully saturated rings. The molecule has 0 aromatic carbocycles. The number of oxazole rings is 1. The molecule has 0 bridgehead atoms. The van der Waals surface area contributed by atoms with E-state index in [0.29, 0.717) is 30.5 Å². The minimum Gasteiger partial charge on any atom is -0.444 e. The molecule has 2 N–H and O–H groups in total. The third-order valence-electron chi connectivity index (χ3n) is 5.60. The molecule has 4 aromatic rings. The van der Waals surface area contributed by atoms with Crippen molar-refractivity contribution in [3.8, 4) is 11.5 Å². The fourth-order valence-electron chi connectivity index (χ4n) is 3.82. The van der Waals surface area contributed by atoms with E-state index < -0.39 is 11.8 Å². The Morgan fingerprint density at radius 3 is 2.69 bits per heavy atom. The molecule has 0 saturated carbocycles. The zero-order valence-electron chi connectivity index (χ0n) is 19.3. The molecule has 5 heterocycles. The number of anilines is 2. The Bertz CT molecular complexity index is 1370. The van der Waals surface area contributed by atoms with Crippen molar-refractivity contribution in [2.24, 2.45) is 7.05 Å². The van der Waals surface area contributed by atoms with Crippen LogP contribution in [0.5, 0.6) is 0 Å². The number of amides is 2. The first kappa shape index (κ1) is 22.5. The first-order chi connectivity index (χ1) is 17.0. The number of nitrogens with zero attached hydrogens (tertiary/aromatic N) is 6. The third-order valence-corrected chi connectivity index (χ3v) is 5.60. The highest BCUT2D eigenvalue weighted by molar-refractivity contribution is 6.10.